The van der Waals surface area contributed by atoms with Crippen molar-refractivity contribution in [3.63, 3.8) is 0 Å². The van der Waals surface area contributed by atoms with E-state index in [9.17, 15) is 26.4 Å². The molecule has 2 heterocycles. The Labute approximate surface area is 169 Å². The van der Waals surface area contributed by atoms with Crippen LogP contribution in [0.1, 0.15) is 26.2 Å². The van der Waals surface area contributed by atoms with Gasteiger partial charge in [0, 0.05) is 19.0 Å². The van der Waals surface area contributed by atoms with Gasteiger partial charge in [-0.2, -0.15) is 0 Å². The number of fused-ring (bicyclic) bond motifs is 1. The van der Waals surface area contributed by atoms with Gasteiger partial charge in [0.05, 0.1) is 16.8 Å². The van der Waals surface area contributed by atoms with Crippen LogP contribution in [0.15, 0.2) is 23.1 Å². The average molecular weight is 446 g/mol. The van der Waals surface area contributed by atoms with E-state index in [-0.39, 0.29) is 42.4 Å². The Hall–Kier alpha value is -2.18. The molecule has 160 valence electrons. The second-order valence-electron chi connectivity index (χ2n) is 7.07. The van der Waals surface area contributed by atoms with Crippen molar-refractivity contribution in [3.8, 4) is 5.75 Å². The molecule has 0 aromatic heterocycles. The molecule has 2 aliphatic rings. The monoisotopic (exact) mass is 445 g/mol. The molecule has 0 radical (unpaired) electrons. The number of hydrogen-bond acceptors (Lipinski definition) is 7. The number of anilines is 1. The zero-order valence-electron chi connectivity index (χ0n) is 16.0. The SMILES string of the molecule is CC[C@H]1Oc2ccc(S(=O)(=O)NC(=O)C3CCN(S(C)(=O)=O)CC3)cc2NC1=O. The molecule has 0 saturated carbocycles. The van der Waals surface area contributed by atoms with E-state index in [1.807, 2.05) is 4.72 Å². The standard InChI is InChI=1S/C17H23N3O7S2/c1-3-14-17(22)18-13-10-12(4-5-15(13)27-14)29(25,26)19-16(21)11-6-8-20(9-7-11)28(2,23)24/h4-5,10-11,14H,3,6-9H2,1-2H3,(H,18,22)(H,19,21)/t14-/m1/s1. The highest BCUT2D eigenvalue weighted by Crippen LogP contribution is 2.32. The number of ether oxygens (including phenoxy) is 1. The lowest BCUT2D eigenvalue weighted by Gasteiger charge is -2.29. The molecule has 0 aliphatic carbocycles. The molecule has 2 amide bonds. The van der Waals surface area contributed by atoms with Crippen LogP contribution in [-0.2, 0) is 29.6 Å². The van der Waals surface area contributed by atoms with Crippen LogP contribution < -0.4 is 14.8 Å². The van der Waals surface area contributed by atoms with Crippen molar-refractivity contribution < 1.29 is 31.2 Å². The Balaban J connectivity index is 1.70. The summed E-state index contributed by atoms with van der Waals surface area (Å²) in [5.74, 6) is -1.29. The smallest absolute Gasteiger partial charge is 0.265 e. The molecule has 29 heavy (non-hydrogen) atoms. The molecule has 1 atom stereocenters. The third kappa shape index (κ3) is 4.70. The van der Waals surface area contributed by atoms with E-state index in [0.717, 1.165) is 6.26 Å². The lowest BCUT2D eigenvalue weighted by atomic mass is 9.98. The van der Waals surface area contributed by atoms with E-state index in [4.69, 9.17) is 4.74 Å². The maximum absolute atomic E-state index is 12.6. The van der Waals surface area contributed by atoms with Gasteiger partial charge in [-0.25, -0.2) is 25.9 Å². The van der Waals surface area contributed by atoms with Crippen molar-refractivity contribution in [2.45, 2.75) is 37.2 Å². The number of hydrogen-bond donors (Lipinski definition) is 2. The molecule has 0 spiro atoms. The van der Waals surface area contributed by atoms with Gasteiger partial charge in [0.15, 0.2) is 6.10 Å². The lowest BCUT2D eigenvalue weighted by molar-refractivity contribution is -0.124. The Morgan fingerprint density at radius 2 is 1.90 bits per heavy atom. The second kappa shape index (κ2) is 7.92. The van der Waals surface area contributed by atoms with Crippen LogP contribution in [0.5, 0.6) is 5.75 Å². The molecule has 1 aromatic rings. The lowest BCUT2D eigenvalue weighted by Crippen LogP contribution is -2.44. The van der Waals surface area contributed by atoms with E-state index < -0.39 is 38.0 Å². The molecule has 2 N–H and O–H groups in total. The number of rotatable bonds is 5. The maximum atomic E-state index is 12.6. The molecule has 0 bridgehead atoms. The Morgan fingerprint density at radius 3 is 2.48 bits per heavy atom. The van der Waals surface area contributed by atoms with Crippen molar-refractivity contribution >= 4 is 37.5 Å². The summed E-state index contributed by atoms with van der Waals surface area (Å²) in [5, 5.41) is 2.61. The number of amides is 2. The molecular weight excluding hydrogens is 422 g/mol. The quantitative estimate of drug-likeness (QED) is 0.663. The number of benzene rings is 1. The van der Waals surface area contributed by atoms with Crippen LogP contribution in [-0.4, -0.2) is 58.4 Å². The van der Waals surface area contributed by atoms with Crippen molar-refractivity contribution in [2.24, 2.45) is 5.92 Å². The van der Waals surface area contributed by atoms with Gasteiger partial charge in [0.2, 0.25) is 15.9 Å². The molecule has 1 aromatic carbocycles. The van der Waals surface area contributed by atoms with Gasteiger partial charge in [-0.05, 0) is 37.5 Å². The highest BCUT2D eigenvalue weighted by atomic mass is 32.2. The Bertz CT molecular complexity index is 1030. The first kappa shape index (κ1) is 21.5. The van der Waals surface area contributed by atoms with E-state index in [1.165, 1.54) is 22.5 Å². The Morgan fingerprint density at radius 1 is 1.24 bits per heavy atom. The first-order valence-corrected chi connectivity index (χ1v) is 12.5. The van der Waals surface area contributed by atoms with Crippen molar-refractivity contribution in [2.75, 3.05) is 24.7 Å². The summed E-state index contributed by atoms with van der Waals surface area (Å²) in [4.78, 5) is 24.2. The zero-order chi connectivity index (χ0) is 21.4. The van der Waals surface area contributed by atoms with Crippen LogP contribution in [0.3, 0.4) is 0 Å². The third-order valence-electron chi connectivity index (χ3n) is 4.98. The summed E-state index contributed by atoms with van der Waals surface area (Å²) in [6.45, 7) is 2.12. The molecule has 3 rings (SSSR count). The number of sulfonamides is 2. The summed E-state index contributed by atoms with van der Waals surface area (Å²) in [5.41, 5.74) is 0.219. The fourth-order valence-electron chi connectivity index (χ4n) is 3.29. The fraction of sp³-hybridized carbons (Fsp3) is 0.529. The van der Waals surface area contributed by atoms with Crippen LogP contribution in [0.4, 0.5) is 5.69 Å². The van der Waals surface area contributed by atoms with Crippen LogP contribution >= 0.6 is 0 Å². The molecule has 1 saturated heterocycles. The zero-order valence-corrected chi connectivity index (χ0v) is 17.7. The van der Waals surface area contributed by atoms with E-state index >= 15 is 0 Å². The van der Waals surface area contributed by atoms with Gasteiger partial charge in [0.25, 0.3) is 15.9 Å². The molecule has 10 nitrogen and oxygen atoms in total. The highest BCUT2D eigenvalue weighted by Gasteiger charge is 2.32. The molecule has 2 aliphatic heterocycles. The summed E-state index contributed by atoms with van der Waals surface area (Å²) in [7, 11) is -7.49. The minimum atomic E-state index is -4.16. The number of piperidine rings is 1. The first-order valence-electron chi connectivity index (χ1n) is 9.14. The van der Waals surface area contributed by atoms with Gasteiger partial charge in [0.1, 0.15) is 5.75 Å². The Kier molecular flexibility index (Phi) is 5.88. The van der Waals surface area contributed by atoms with E-state index in [2.05, 4.69) is 5.32 Å². The third-order valence-corrected chi connectivity index (χ3v) is 7.63. The summed E-state index contributed by atoms with van der Waals surface area (Å²) in [6, 6.07) is 3.97. The predicted octanol–water partition coefficient (Wildman–Crippen LogP) is 0.273. The first-order chi connectivity index (χ1) is 13.5. The van der Waals surface area contributed by atoms with Gasteiger partial charge in [-0.15, -0.1) is 0 Å². The molecule has 0 unspecified atom stereocenters. The van der Waals surface area contributed by atoms with Gasteiger partial charge >= 0.3 is 0 Å². The van der Waals surface area contributed by atoms with E-state index in [1.54, 1.807) is 6.92 Å². The topological polar surface area (TPSA) is 139 Å². The van der Waals surface area contributed by atoms with Crippen molar-refractivity contribution in [3.05, 3.63) is 18.2 Å². The molecular formula is C17H23N3O7S2. The van der Waals surface area contributed by atoms with Gasteiger partial charge in [-0.3, -0.25) is 9.59 Å². The minimum absolute atomic E-state index is 0.164. The number of nitrogens with zero attached hydrogens (tertiary/aromatic N) is 1. The number of carbonyl (C=O) groups is 2. The second-order valence-corrected chi connectivity index (χ2v) is 10.7. The van der Waals surface area contributed by atoms with Gasteiger partial charge < -0.3 is 10.1 Å². The summed E-state index contributed by atoms with van der Waals surface area (Å²) in [6.07, 6.45) is 1.41. The normalized spacial score (nSPS) is 21.0. The van der Waals surface area contributed by atoms with Crippen molar-refractivity contribution in [1.82, 2.24) is 9.03 Å². The summed E-state index contributed by atoms with van der Waals surface area (Å²) < 4.78 is 57.1. The molecule has 1 fully saturated rings. The minimum Gasteiger partial charge on any atom is -0.478 e. The largest absolute Gasteiger partial charge is 0.478 e. The predicted molar refractivity (Wildman–Crippen MR) is 104 cm³/mol. The molecule has 12 heteroatoms. The average Bonchev–Trinajstić information content (AvgIpc) is 2.66. The van der Waals surface area contributed by atoms with E-state index in [0.29, 0.717) is 12.2 Å². The maximum Gasteiger partial charge on any atom is 0.265 e. The van der Waals surface area contributed by atoms with Crippen LogP contribution in [0.25, 0.3) is 0 Å². The van der Waals surface area contributed by atoms with Gasteiger partial charge in [-0.1, -0.05) is 6.92 Å². The highest BCUT2D eigenvalue weighted by molar-refractivity contribution is 7.90. The van der Waals surface area contributed by atoms with Crippen LogP contribution in [0.2, 0.25) is 0 Å². The number of nitrogens with one attached hydrogen (secondary N) is 2. The van der Waals surface area contributed by atoms with Crippen LogP contribution in [0, 0.1) is 5.92 Å². The summed E-state index contributed by atoms with van der Waals surface area (Å²) >= 11 is 0. The van der Waals surface area contributed by atoms with Crippen molar-refractivity contribution in [1.29, 1.82) is 0 Å². The number of carbonyl (C=O) groups excluding carboxylic acids is 2. The fourth-order valence-corrected chi connectivity index (χ4v) is 5.23.